The molecule has 0 aliphatic carbocycles. The SMILES string of the molecule is N#Cc1nc(-c2ccc(N(c3ccccc3)c3ccccc3)cc2)c(C#N)nc1-c1ccc(N(c2ccccc2)c2ccccc2)cc1. The Bertz CT molecular complexity index is 1980. The van der Waals surface area contributed by atoms with Crippen molar-refractivity contribution in [1.82, 2.24) is 9.97 Å². The number of hydrogen-bond acceptors (Lipinski definition) is 6. The van der Waals surface area contributed by atoms with E-state index < -0.39 is 0 Å². The maximum absolute atomic E-state index is 10.2. The molecule has 6 heteroatoms. The summed E-state index contributed by atoms with van der Waals surface area (Å²) in [5.41, 5.74) is 8.40. The molecule has 7 aromatic rings. The van der Waals surface area contributed by atoms with E-state index in [2.05, 4.69) is 80.4 Å². The Morgan fingerprint density at radius 1 is 0.333 bits per heavy atom. The van der Waals surface area contributed by atoms with Crippen LogP contribution in [0.2, 0.25) is 0 Å². The summed E-state index contributed by atoms with van der Waals surface area (Å²) in [6, 6.07) is 60.6. The predicted molar refractivity (Wildman–Crippen MR) is 192 cm³/mol. The van der Waals surface area contributed by atoms with Gasteiger partial charge in [-0.3, -0.25) is 0 Å². The van der Waals surface area contributed by atoms with E-state index in [4.69, 9.17) is 0 Å². The minimum absolute atomic E-state index is 0.152. The van der Waals surface area contributed by atoms with Gasteiger partial charge in [0.1, 0.15) is 23.5 Å². The Morgan fingerprint density at radius 3 is 0.833 bits per heavy atom. The van der Waals surface area contributed by atoms with Gasteiger partial charge in [0, 0.05) is 45.3 Å². The third-order valence-corrected chi connectivity index (χ3v) is 7.96. The minimum Gasteiger partial charge on any atom is -0.311 e. The van der Waals surface area contributed by atoms with Gasteiger partial charge in [0.15, 0.2) is 11.4 Å². The third-order valence-electron chi connectivity index (χ3n) is 7.96. The van der Waals surface area contributed by atoms with Gasteiger partial charge in [-0.2, -0.15) is 10.5 Å². The molecule has 0 amide bonds. The topological polar surface area (TPSA) is 79.8 Å². The Balaban J connectivity index is 1.23. The molecule has 0 atom stereocenters. The van der Waals surface area contributed by atoms with E-state index in [1.807, 2.05) is 121 Å². The molecule has 0 aliphatic rings. The maximum Gasteiger partial charge on any atom is 0.167 e. The summed E-state index contributed by atoms with van der Waals surface area (Å²) in [4.78, 5) is 13.7. The molecule has 7 rings (SSSR count). The van der Waals surface area contributed by atoms with Gasteiger partial charge in [0.2, 0.25) is 0 Å². The zero-order chi connectivity index (χ0) is 32.7. The molecule has 0 N–H and O–H groups in total. The van der Waals surface area contributed by atoms with Gasteiger partial charge in [0.05, 0.1) is 0 Å². The van der Waals surface area contributed by atoms with Gasteiger partial charge in [0.25, 0.3) is 0 Å². The van der Waals surface area contributed by atoms with Crippen molar-refractivity contribution in [2.75, 3.05) is 9.80 Å². The second kappa shape index (κ2) is 13.5. The quantitative estimate of drug-likeness (QED) is 0.169. The van der Waals surface area contributed by atoms with Crippen molar-refractivity contribution < 1.29 is 0 Å². The van der Waals surface area contributed by atoms with E-state index in [0.717, 1.165) is 34.1 Å². The van der Waals surface area contributed by atoms with Crippen LogP contribution in [0.15, 0.2) is 170 Å². The largest absolute Gasteiger partial charge is 0.311 e. The highest BCUT2D eigenvalue weighted by Gasteiger charge is 2.19. The van der Waals surface area contributed by atoms with E-state index in [-0.39, 0.29) is 11.4 Å². The fourth-order valence-electron chi connectivity index (χ4n) is 5.73. The first-order valence-electron chi connectivity index (χ1n) is 15.5. The summed E-state index contributed by atoms with van der Waals surface area (Å²) in [5.74, 6) is 0. The van der Waals surface area contributed by atoms with Crippen LogP contribution in [0.3, 0.4) is 0 Å². The summed E-state index contributed by atoms with van der Waals surface area (Å²) < 4.78 is 0. The first kappa shape index (κ1) is 29.7. The van der Waals surface area contributed by atoms with Crippen LogP contribution < -0.4 is 9.80 Å². The van der Waals surface area contributed by atoms with Gasteiger partial charge in [-0.05, 0) is 72.8 Å². The maximum atomic E-state index is 10.2. The molecule has 0 spiro atoms. The van der Waals surface area contributed by atoms with Crippen LogP contribution >= 0.6 is 0 Å². The second-order valence-corrected chi connectivity index (χ2v) is 10.9. The Morgan fingerprint density at radius 2 is 0.583 bits per heavy atom. The predicted octanol–water partition coefficient (Wildman–Crippen LogP) is 10.5. The summed E-state index contributed by atoms with van der Waals surface area (Å²) in [7, 11) is 0. The highest BCUT2D eigenvalue weighted by Crippen LogP contribution is 2.37. The molecule has 6 nitrogen and oxygen atoms in total. The van der Waals surface area contributed by atoms with Gasteiger partial charge in [-0.25, -0.2) is 9.97 Å². The van der Waals surface area contributed by atoms with Crippen molar-refractivity contribution in [2.24, 2.45) is 0 Å². The van der Waals surface area contributed by atoms with Crippen LogP contribution in [-0.2, 0) is 0 Å². The number of aromatic nitrogens is 2. The molecule has 0 unspecified atom stereocenters. The Hall–Kier alpha value is -7.02. The average Bonchev–Trinajstić information content (AvgIpc) is 3.17. The van der Waals surface area contributed by atoms with E-state index >= 15 is 0 Å². The molecule has 0 aliphatic heterocycles. The minimum atomic E-state index is 0.152. The fraction of sp³-hybridized carbons (Fsp3) is 0. The van der Waals surface area contributed by atoms with Gasteiger partial charge >= 0.3 is 0 Å². The van der Waals surface area contributed by atoms with E-state index in [1.165, 1.54) is 0 Å². The van der Waals surface area contributed by atoms with Crippen molar-refractivity contribution in [3.63, 3.8) is 0 Å². The van der Waals surface area contributed by atoms with Crippen LogP contribution in [0.25, 0.3) is 22.5 Å². The molecule has 0 saturated heterocycles. The number of rotatable bonds is 8. The molecule has 1 aromatic heterocycles. The van der Waals surface area contributed by atoms with Crippen molar-refractivity contribution >= 4 is 34.1 Å². The van der Waals surface area contributed by atoms with E-state index in [9.17, 15) is 10.5 Å². The Kier molecular flexibility index (Phi) is 8.37. The van der Waals surface area contributed by atoms with Crippen molar-refractivity contribution in [3.05, 3.63) is 181 Å². The van der Waals surface area contributed by atoms with Crippen molar-refractivity contribution in [1.29, 1.82) is 10.5 Å². The van der Waals surface area contributed by atoms with E-state index in [1.54, 1.807) is 0 Å². The molecular formula is C42H28N6. The molecule has 226 valence electrons. The standard InChI is InChI=1S/C42H28N6/c43-29-39-41(31-21-25-37(26-22-31)47(33-13-5-1-6-14-33)34-15-7-2-8-16-34)45-40(30-44)42(46-39)32-23-27-38(28-24-32)48(35-17-9-3-10-18-35)36-19-11-4-12-20-36/h1-28H. The van der Waals surface area contributed by atoms with Crippen molar-refractivity contribution in [2.45, 2.75) is 0 Å². The zero-order valence-electron chi connectivity index (χ0n) is 25.8. The highest BCUT2D eigenvalue weighted by molar-refractivity contribution is 5.81. The number of anilines is 6. The molecule has 0 fully saturated rings. The van der Waals surface area contributed by atoms with Crippen LogP contribution in [0.5, 0.6) is 0 Å². The molecule has 48 heavy (non-hydrogen) atoms. The normalized spacial score (nSPS) is 10.5. The molecule has 1 heterocycles. The second-order valence-electron chi connectivity index (χ2n) is 10.9. The third kappa shape index (κ3) is 5.98. The lowest BCUT2D eigenvalue weighted by Gasteiger charge is -2.25. The molecule has 6 aromatic carbocycles. The molecule has 0 bridgehead atoms. The zero-order valence-corrected chi connectivity index (χ0v) is 25.8. The van der Waals surface area contributed by atoms with E-state index in [0.29, 0.717) is 22.5 Å². The lowest BCUT2D eigenvalue weighted by atomic mass is 10.0. The van der Waals surface area contributed by atoms with Crippen LogP contribution in [0.4, 0.5) is 34.1 Å². The van der Waals surface area contributed by atoms with Crippen LogP contribution in [0, 0.1) is 22.7 Å². The molecule has 0 saturated carbocycles. The van der Waals surface area contributed by atoms with Crippen LogP contribution in [0.1, 0.15) is 11.4 Å². The monoisotopic (exact) mass is 616 g/mol. The molecular weight excluding hydrogens is 589 g/mol. The summed E-state index contributed by atoms with van der Waals surface area (Å²) in [6.07, 6.45) is 0. The number of nitrogens with zero attached hydrogens (tertiary/aromatic N) is 6. The number of para-hydroxylation sites is 4. The van der Waals surface area contributed by atoms with Gasteiger partial charge in [-0.1, -0.05) is 97.1 Å². The lowest BCUT2D eigenvalue weighted by Crippen LogP contribution is -2.09. The van der Waals surface area contributed by atoms with Gasteiger partial charge < -0.3 is 9.80 Å². The first-order valence-corrected chi connectivity index (χ1v) is 15.5. The average molecular weight is 617 g/mol. The summed E-state index contributed by atoms with van der Waals surface area (Å²) in [6.45, 7) is 0. The number of nitriles is 2. The Labute approximate surface area is 279 Å². The van der Waals surface area contributed by atoms with Crippen LogP contribution in [-0.4, -0.2) is 9.97 Å². The van der Waals surface area contributed by atoms with Gasteiger partial charge in [-0.15, -0.1) is 0 Å². The summed E-state index contributed by atoms with van der Waals surface area (Å²) in [5, 5.41) is 20.3. The molecule has 0 radical (unpaired) electrons. The number of hydrogen-bond donors (Lipinski definition) is 0. The first-order chi connectivity index (χ1) is 23.7. The lowest BCUT2D eigenvalue weighted by molar-refractivity contribution is 1.14. The van der Waals surface area contributed by atoms with Crippen molar-refractivity contribution in [3.8, 4) is 34.7 Å². The highest BCUT2D eigenvalue weighted by atomic mass is 15.1. The summed E-state index contributed by atoms with van der Waals surface area (Å²) >= 11 is 0. The smallest absolute Gasteiger partial charge is 0.167 e. The fourth-order valence-corrected chi connectivity index (χ4v) is 5.73. The number of benzene rings is 6.